The molecule has 1 rings (SSSR count). The van der Waals surface area contributed by atoms with E-state index in [1.807, 2.05) is 0 Å². The molecule has 1 aromatic rings. The van der Waals surface area contributed by atoms with Gasteiger partial charge in [-0.3, -0.25) is 0 Å². The predicted octanol–water partition coefficient (Wildman–Crippen LogP) is 3.72. The van der Waals surface area contributed by atoms with E-state index < -0.39 is 0 Å². The third-order valence-corrected chi connectivity index (χ3v) is 3.05. The lowest BCUT2D eigenvalue weighted by Crippen LogP contribution is -2.36. The van der Waals surface area contributed by atoms with Gasteiger partial charge in [0.1, 0.15) is 0 Å². The zero-order valence-corrected chi connectivity index (χ0v) is 11.6. The summed E-state index contributed by atoms with van der Waals surface area (Å²) in [6.07, 6.45) is 0. The van der Waals surface area contributed by atoms with Gasteiger partial charge in [-0.2, -0.15) is 0 Å². The maximum atomic E-state index is 3.51. The summed E-state index contributed by atoms with van der Waals surface area (Å²) < 4.78 is 1.15. The van der Waals surface area contributed by atoms with Crippen LogP contribution >= 0.6 is 15.9 Å². The third kappa shape index (κ3) is 3.96. The van der Waals surface area contributed by atoms with Crippen LogP contribution in [0.3, 0.4) is 0 Å². The highest BCUT2D eigenvalue weighted by Crippen LogP contribution is 2.25. The predicted molar refractivity (Wildman–Crippen MR) is 70.3 cm³/mol. The van der Waals surface area contributed by atoms with Crippen LogP contribution in [0, 0.1) is 0 Å². The molecule has 0 aliphatic rings. The van der Waals surface area contributed by atoms with E-state index in [1.165, 1.54) is 5.56 Å². The van der Waals surface area contributed by atoms with E-state index in [1.54, 1.807) is 0 Å². The molecule has 0 radical (unpaired) electrons. The molecule has 0 amide bonds. The molecule has 0 spiro atoms. The summed E-state index contributed by atoms with van der Waals surface area (Å²) in [6.45, 7) is 9.89. The Kier molecular flexibility index (Phi) is 4.35. The van der Waals surface area contributed by atoms with Gasteiger partial charge in [0.25, 0.3) is 0 Å². The number of nitrogens with one attached hydrogen (secondary N) is 1. The summed E-state index contributed by atoms with van der Waals surface area (Å²) in [5.74, 6) is 0. The highest BCUT2D eigenvalue weighted by Gasteiger charge is 2.20. The zero-order valence-electron chi connectivity index (χ0n) is 9.97. The van der Waals surface area contributed by atoms with Crippen LogP contribution < -0.4 is 5.32 Å². The van der Waals surface area contributed by atoms with Gasteiger partial charge in [-0.1, -0.05) is 55.8 Å². The second-order valence-electron chi connectivity index (χ2n) is 4.93. The van der Waals surface area contributed by atoms with Crippen LogP contribution in [0.25, 0.3) is 0 Å². The number of halogens is 1. The Labute approximate surface area is 101 Å². The minimum atomic E-state index is 0.175. The Hall–Kier alpha value is -0.340. The minimum Gasteiger partial charge on any atom is -0.314 e. The fourth-order valence-corrected chi connectivity index (χ4v) is 1.87. The van der Waals surface area contributed by atoms with Crippen molar-refractivity contribution in [1.82, 2.24) is 5.32 Å². The van der Waals surface area contributed by atoms with Crippen LogP contribution in [0.1, 0.15) is 33.3 Å². The van der Waals surface area contributed by atoms with Gasteiger partial charge in [-0.15, -0.1) is 0 Å². The average Bonchev–Trinajstić information content (AvgIpc) is 2.15. The van der Waals surface area contributed by atoms with E-state index in [9.17, 15) is 0 Å². The molecule has 1 aromatic carbocycles. The Balaban J connectivity index is 2.76. The molecular formula is C13H20BrN. The van der Waals surface area contributed by atoms with Crippen LogP contribution in [0.2, 0.25) is 0 Å². The standard InChI is InChI=1S/C13H20BrN/c1-10(2)15-9-13(3,4)11-6-5-7-12(14)8-11/h5-8,10,15H,9H2,1-4H3. The van der Waals surface area contributed by atoms with Crippen molar-refractivity contribution in [3.63, 3.8) is 0 Å². The van der Waals surface area contributed by atoms with Crippen molar-refractivity contribution < 1.29 is 0 Å². The summed E-state index contributed by atoms with van der Waals surface area (Å²) in [7, 11) is 0. The highest BCUT2D eigenvalue weighted by atomic mass is 79.9. The molecule has 0 atom stereocenters. The molecule has 0 aliphatic heterocycles. The molecule has 0 heterocycles. The molecule has 0 aliphatic carbocycles. The number of rotatable bonds is 4. The second kappa shape index (κ2) is 5.13. The molecule has 15 heavy (non-hydrogen) atoms. The molecule has 1 N–H and O–H groups in total. The molecule has 84 valence electrons. The molecular weight excluding hydrogens is 250 g/mol. The van der Waals surface area contributed by atoms with Crippen LogP contribution in [-0.2, 0) is 5.41 Å². The monoisotopic (exact) mass is 269 g/mol. The lowest BCUT2D eigenvalue weighted by Gasteiger charge is -2.27. The van der Waals surface area contributed by atoms with Crippen LogP contribution in [0.15, 0.2) is 28.7 Å². The molecule has 2 heteroatoms. The summed E-state index contributed by atoms with van der Waals surface area (Å²) in [6, 6.07) is 9.08. The van der Waals surface area contributed by atoms with E-state index in [-0.39, 0.29) is 5.41 Å². The van der Waals surface area contributed by atoms with Crippen LogP contribution in [0.4, 0.5) is 0 Å². The van der Waals surface area contributed by atoms with Gasteiger partial charge < -0.3 is 5.32 Å². The van der Waals surface area contributed by atoms with Gasteiger partial charge in [-0.25, -0.2) is 0 Å². The summed E-state index contributed by atoms with van der Waals surface area (Å²) in [5.41, 5.74) is 1.54. The smallest absolute Gasteiger partial charge is 0.0178 e. The Morgan fingerprint density at radius 3 is 2.53 bits per heavy atom. The molecule has 0 aromatic heterocycles. The third-order valence-electron chi connectivity index (χ3n) is 2.56. The van der Waals surface area contributed by atoms with Crippen molar-refractivity contribution in [2.24, 2.45) is 0 Å². The molecule has 1 nitrogen and oxygen atoms in total. The van der Waals surface area contributed by atoms with E-state index in [2.05, 4.69) is 73.2 Å². The summed E-state index contributed by atoms with van der Waals surface area (Å²) in [4.78, 5) is 0. The fourth-order valence-electron chi connectivity index (χ4n) is 1.47. The van der Waals surface area contributed by atoms with Gasteiger partial charge in [0.05, 0.1) is 0 Å². The van der Waals surface area contributed by atoms with Gasteiger partial charge in [0.2, 0.25) is 0 Å². The van der Waals surface area contributed by atoms with Gasteiger partial charge in [0.15, 0.2) is 0 Å². The zero-order chi connectivity index (χ0) is 11.5. The van der Waals surface area contributed by atoms with Crippen molar-refractivity contribution in [3.8, 4) is 0 Å². The lowest BCUT2D eigenvalue weighted by atomic mass is 9.84. The van der Waals surface area contributed by atoms with Crippen molar-refractivity contribution in [1.29, 1.82) is 0 Å². The number of benzene rings is 1. The Bertz CT molecular complexity index is 318. The quantitative estimate of drug-likeness (QED) is 0.879. The minimum absolute atomic E-state index is 0.175. The van der Waals surface area contributed by atoms with Gasteiger partial charge in [0, 0.05) is 22.5 Å². The first-order valence-corrected chi connectivity index (χ1v) is 6.20. The van der Waals surface area contributed by atoms with E-state index in [4.69, 9.17) is 0 Å². The van der Waals surface area contributed by atoms with E-state index in [0.717, 1.165) is 11.0 Å². The first-order valence-electron chi connectivity index (χ1n) is 5.41. The largest absolute Gasteiger partial charge is 0.314 e. The SMILES string of the molecule is CC(C)NCC(C)(C)c1cccc(Br)c1. The lowest BCUT2D eigenvalue weighted by molar-refractivity contribution is 0.441. The molecule has 0 saturated carbocycles. The molecule has 0 unspecified atom stereocenters. The normalized spacial score (nSPS) is 12.1. The van der Waals surface area contributed by atoms with Gasteiger partial charge in [-0.05, 0) is 17.7 Å². The maximum Gasteiger partial charge on any atom is 0.0178 e. The molecule has 0 fully saturated rings. The van der Waals surface area contributed by atoms with Gasteiger partial charge >= 0.3 is 0 Å². The molecule has 0 bridgehead atoms. The highest BCUT2D eigenvalue weighted by molar-refractivity contribution is 9.10. The first kappa shape index (κ1) is 12.7. The van der Waals surface area contributed by atoms with Crippen molar-refractivity contribution >= 4 is 15.9 Å². The number of hydrogen-bond donors (Lipinski definition) is 1. The first-order chi connectivity index (χ1) is 6.92. The Morgan fingerprint density at radius 2 is 2.00 bits per heavy atom. The van der Waals surface area contributed by atoms with E-state index >= 15 is 0 Å². The van der Waals surface area contributed by atoms with Crippen LogP contribution in [-0.4, -0.2) is 12.6 Å². The second-order valence-corrected chi connectivity index (χ2v) is 5.85. The number of hydrogen-bond acceptors (Lipinski definition) is 1. The maximum absolute atomic E-state index is 3.51. The Morgan fingerprint density at radius 1 is 1.33 bits per heavy atom. The molecule has 0 saturated heterocycles. The average molecular weight is 270 g/mol. The summed E-state index contributed by atoms with van der Waals surface area (Å²) >= 11 is 3.51. The topological polar surface area (TPSA) is 12.0 Å². The fraction of sp³-hybridized carbons (Fsp3) is 0.538. The van der Waals surface area contributed by atoms with Crippen molar-refractivity contribution in [2.75, 3.05) is 6.54 Å². The van der Waals surface area contributed by atoms with Crippen molar-refractivity contribution in [3.05, 3.63) is 34.3 Å². The van der Waals surface area contributed by atoms with Crippen molar-refractivity contribution in [2.45, 2.75) is 39.2 Å². The summed E-state index contributed by atoms with van der Waals surface area (Å²) in [5, 5.41) is 3.49. The van der Waals surface area contributed by atoms with E-state index in [0.29, 0.717) is 6.04 Å². The van der Waals surface area contributed by atoms with Crippen LogP contribution in [0.5, 0.6) is 0 Å².